The molecule has 0 heterocycles. The highest BCUT2D eigenvalue weighted by Crippen LogP contribution is 2.25. The summed E-state index contributed by atoms with van der Waals surface area (Å²) in [7, 11) is 2.85. The van der Waals surface area contributed by atoms with Crippen molar-refractivity contribution in [3.05, 3.63) is 28.2 Å². The lowest BCUT2D eigenvalue weighted by molar-refractivity contribution is -0.139. The monoisotopic (exact) mass is 320 g/mol. The van der Waals surface area contributed by atoms with Crippen LogP contribution in [-0.2, 0) is 19.1 Å². The molecule has 6 nitrogen and oxygen atoms in total. The van der Waals surface area contributed by atoms with E-state index in [0.29, 0.717) is 5.02 Å². The van der Waals surface area contributed by atoms with E-state index < -0.39 is 18.1 Å². The smallest absolute Gasteiger partial charge is 0.313 e. The number of benzene rings is 1. The van der Waals surface area contributed by atoms with Crippen LogP contribution in [0.25, 0.3) is 0 Å². The first-order valence-electron chi connectivity index (χ1n) is 5.57. The van der Waals surface area contributed by atoms with E-state index >= 15 is 0 Å². The van der Waals surface area contributed by atoms with Gasteiger partial charge in [0.25, 0.3) is 0 Å². The van der Waals surface area contributed by atoms with Gasteiger partial charge in [0.1, 0.15) is 0 Å². The number of ether oxygens (including phenoxy) is 2. The molecule has 1 rings (SSSR count). The molecule has 0 aliphatic heterocycles. The van der Waals surface area contributed by atoms with Crippen molar-refractivity contribution in [1.29, 1.82) is 0 Å². The predicted molar refractivity (Wildman–Crippen MR) is 75.9 cm³/mol. The lowest BCUT2D eigenvalue weighted by Gasteiger charge is -2.14. The quantitative estimate of drug-likeness (QED) is 0.639. The number of anilines is 1. The van der Waals surface area contributed by atoms with E-state index in [-0.39, 0.29) is 17.3 Å². The highest BCUT2D eigenvalue weighted by Gasteiger charge is 2.16. The van der Waals surface area contributed by atoms with Crippen LogP contribution in [0.4, 0.5) is 5.69 Å². The summed E-state index contributed by atoms with van der Waals surface area (Å²) >= 11 is 11.6. The Hall–Kier alpha value is -1.34. The molecule has 0 spiro atoms. The van der Waals surface area contributed by atoms with Crippen molar-refractivity contribution in [1.82, 2.24) is 5.32 Å². The highest BCUT2D eigenvalue weighted by molar-refractivity contribution is 6.42. The molecule has 2 amide bonds. The maximum atomic E-state index is 11.7. The minimum absolute atomic E-state index is 0.0442. The van der Waals surface area contributed by atoms with Gasteiger partial charge in [0.15, 0.2) is 6.29 Å². The highest BCUT2D eigenvalue weighted by atomic mass is 35.5. The Morgan fingerprint density at radius 2 is 1.85 bits per heavy atom. The van der Waals surface area contributed by atoms with Crippen molar-refractivity contribution in [3.8, 4) is 0 Å². The SMILES string of the molecule is COC(CNC(=O)C(=O)Nc1cc(Cl)ccc1Cl)OC. The maximum absolute atomic E-state index is 11.7. The Labute approximate surface area is 126 Å². The molecule has 0 fully saturated rings. The Morgan fingerprint density at radius 1 is 1.20 bits per heavy atom. The molecule has 0 aliphatic carbocycles. The van der Waals surface area contributed by atoms with Crippen LogP contribution < -0.4 is 10.6 Å². The topological polar surface area (TPSA) is 76.7 Å². The van der Waals surface area contributed by atoms with Gasteiger partial charge in [0.2, 0.25) is 0 Å². The van der Waals surface area contributed by atoms with Crippen LogP contribution in [0, 0.1) is 0 Å². The van der Waals surface area contributed by atoms with Crippen molar-refractivity contribution < 1.29 is 19.1 Å². The zero-order valence-electron chi connectivity index (χ0n) is 10.9. The van der Waals surface area contributed by atoms with Crippen LogP contribution in [0.1, 0.15) is 0 Å². The van der Waals surface area contributed by atoms with E-state index in [2.05, 4.69) is 10.6 Å². The van der Waals surface area contributed by atoms with Gasteiger partial charge < -0.3 is 20.1 Å². The van der Waals surface area contributed by atoms with E-state index in [0.717, 1.165) is 0 Å². The molecule has 2 N–H and O–H groups in total. The molecule has 0 saturated heterocycles. The minimum atomic E-state index is -0.861. The van der Waals surface area contributed by atoms with Gasteiger partial charge in [-0.25, -0.2) is 0 Å². The van der Waals surface area contributed by atoms with Crippen molar-refractivity contribution in [2.45, 2.75) is 6.29 Å². The number of carbonyl (C=O) groups excluding carboxylic acids is 2. The van der Waals surface area contributed by atoms with Crippen molar-refractivity contribution >= 4 is 40.7 Å². The van der Waals surface area contributed by atoms with Crippen LogP contribution in [0.15, 0.2) is 18.2 Å². The molecule has 0 radical (unpaired) electrons. The van der Waals surface area contributed by atoms with Crippen molar-refractivity contribution in [3.63, 3.8) is 0 Å². The molecular weight excluding hydrogens is 307 g/mol. The first-order chi connectivity index (χ1) is 9.47. The fraction of sp³-hybridized carbons (Fsp3) is 0.333. The fourth-order valence-corrected chi connectivity index (χ4v) is 1.63. The second-order valence-electron chi connectivity index (χ2n) is 3.69. The first-order valence-corrected chi connectivity index (χ1v) is 6.33. The largest absolute Gasteiger partial charge is 0.354 e. The molecule has 0 bridgehead atoms. The van der Waals surface area contributed by atoms with Crippen molar-refractivity contribution in [2.24, 2.45) is 0 Å². The van der Waals surface area contributed by atoms with Gasteiger partial charge in [0.05, 0.1) is 17.3 Å². The number of methoxy groups -OCH3 is 2. The van der Waals surface area contributed by atoms with Crippen LogP contribution in [0.5, 0.6) is 0 Å². The van der Waals surface area contributed by atoms with E-state index in [1.54, 1.807) is 6.07 Å². The van der Waals surface area contributed by atoms with Crippen LogP contribution in [0.2, 0.25) is 10.0 Å². The first kappa shape index (κ1) is 16.7. The molecule has 20 heavy (non-hydrogen) atoms. The van der Waals surface area contributed by atoms with Gasteiger partial charge in [-0.15, -0.1) is 0 Å². The lowest BCUT2D eigenvalue weighted by Crippen LogP contribution is -2.40. The fourth-order valence-electron chi connectivity index (χ4n) is 1.29. The minimum Gasteiger partial charge on any atom is -0.354 e. The summed E-state index contributed by atoms with van der Waals surface area (Å²) in [5, 5.41) is 5.40. The Morgan fingerprint density at radius 3 is 2.45 bits per heavy atom. The number of halogens is 2. The molecule has 1 aromatic rings. The third-order valence-electron chi connectivity index (χ3n) is 2.34. The maximum Gasteiger partial charge on any atom is 0.313 e. The average molecular weight is 321 g/mol. The zero-order chi connectivity index (χ0) is 15.1. The summed E-state index contributed by atoms with van der Waals surface area (Å²) in [6, 6.07) is 4.53. The third kappa shape index (κ3) is 4.97. The summed E-state index contributed by atoms with van der Waals surface area (Å²) in [5.41, 5.74) is 0.259. The molecule has 0 atom stereocenters. The van der Waals surface area contributed by atoms with Crippen LogP contribution in [-0.4, -0.2) is 38.9 Å². The molecule has 0 saturated carbocycles. The predicted octanol–water partition coefficient (Wildman–Crippen LogP) is 1.67. The standard InChI is InChI=1S/C12H14Cl2N2O4/c1-19-10(20-2)6-15-11(17)12(18)16-9-5-7(13)3-4-8(9)14/h3-5,10H,6H2,1-2H3,(H,15,17)(H,16,18). The molecule has 110 valence electrons. The molecule has 1 aromatic carbocycles. The van der Waals surface area contributed by atoms with E-state index in [1.165, 1.54) is 26.4 Å². The molecule has 0 unspecified atom stereocenters. The number of amides is 2. The lowest BCUT2D eigenvalue weighted by atomic mass is 10.3. The second kappa shape index (κ2) is 8.06. The number of carbonyl (C=O) groups is 2. The summed E-state index contributed by atoms with van der Waals surface area (Å²) in [4.78, 5) is 23.2. The normalized spacial score (nSPS) is 10.4. The van der Waals surface area contributed by atoms with E-state index in [9.17, 15) is 9.59 Å². The Balaban J connectivity index is 2.57. The average Bonchev–Trinajstić information content (AvgIpc) is 2.43. The van der Waals surface area contributed by atoms with Crippen LogP contribution >= 0.6 is 23.2 Å². The summed E-state index contributed by atoms with van der Waals surface area (Å²) < 4.78 is 9.75. The molecular formula is C12H14Cl2N2O4. The zero-order valence-corrected chi connectivity index (χ0v) is 12.4. The van der Waals surface area contributed by atoms with E-state index in [1.807, 2.05) is 0 Å². The van der Waals surface area contributed by atoms with Crippen molar-refractivity contribution in [2.75, 3.05) is 26.1 Å². The van der Waals surface area contributed by atoms with Gasteiger partial charge >= 0.3 is 11.8 Å². The second-order valence-corrected chi connectivity index (χ2v) is 4.53. The number of rotatable bonds is 5. The van der Waals surface area contributed by atoms with Gasteiger partial charge in [-0.3, -0.25) is 9.59 Å². The summed E-state index contributed by atoms with van der Waals surface area (Å²) in [5.74, 6) is -1.69. The van der Waals surface area contributed by atoms with Gasteiger partial charge in [-0.1, -0.05) is 23.2 Å². The van der Waals surface area contributed by atoms with Gasteiger partial charge in [-0.2, -0.15) is 0 Å². The number of nitrogens with one attached hydrogen (secondary N) is 2. The van der Waals surface area contributed by atoms with Gasteiger partial charge in [-0.05, 0) is 18.2 Å². The number of hydrogen-bond acceptors (Lipinski definition) is 4. The van der Waals surface area contributed by atoms with E-state index in [4.69, 9.17) is 32.7 Å². The summed E-state index contributed by atoms with van der Waals surface area (Å²) in [6.45, 7) is 0.0442. The molecule has 8 heteroatoms. The van der Waals surface area contributed by atoms with Crippen LogP contribution in [0.3, 0.4) is 0 Å². The molecule has 0 aliphatic rings. The Bertz CT molecular complexity index is 492. The molecule has 0 aromatic heterocycles. The van der Waals surface area contributed by atoms with Gasteiger partial charge in [0, 0.05) is 19.2 Å². The third-order valence-corrected chi connectivity index (χ3v) is 2.90. The Kier molecular flexibility index (Phi) is 6.74. The number of hydrogen-bond donors (Lipinski definition) is 2. The summed E-state index contributed by atoms with van der Waals surface area (Å²) in [6.07, 6.45) is -0.624.